The summed E-state index contributed by atoms with van der Waals surface area (Å²) < 4.78 is 7.57. The summed E-state index contributed by atoms with van der Waals surface area (Å²) in [5.74, 6) is 1.43. The molecule has 1 unspecified atom stereocenters. The van der Waals surface area contributed by atoms with E-state index in [9.17, 15) is 9.59 Å². The lowest BCUT2D eigenvalue weighted by Gasteiger charge is -2.42. The summed E-state index contributed by atoms with van der Waals surface area (Å²) in [7, 11) is 0. The molecule has 1 aromatic carbocycles. The molecule has 3 atom stereocenters. The number of rotatable bonds is 13. The van der Waals surface area contributed by atoms with Crippen molar-refractivity contribution in [3.8, 4) is 0 Å². The summed E-state index contributed by atoms with van der Waals surface area (Å²) in [4.78, 5) is 27.3. The molecule has 0 saturated carbocycles. The van der Waals surface area contributed by atoms with Crippen LogP contribution in [0.5, 0.6) is 0 Å². The Kier molecular flexibility index (Phi) is 10.0. The van der Waals surface area contributed by atoms with Gasteiger partial charge in [-0.05, 0) is 68.2 Å². The normalized spacial score (nSPS) is 20.0. The maximum atomic E-state index is 12.4. The highest BCUT2D eigenvalue weighted by molar-refractivity contribution is 5.77. The largest absolute Gasteiger partial charge is 0.465 e. The summed E-state index contributed by atoms with van der Waals surface area (Å²) in [6.45, 7) is 11.2. The van der Waals surface area contributed by atoms with Gasteiger partial charge in [0.2, 0.25) is 0 Å². The zero-order valence-electron chi connectivity index (χ0n) is 23.2. The Morgan fingerprint density at radius 1 is 0.919 bits per heavy atom. The number of esters is 1. The molecule has 3 heterocycles. The number of carbonyl (C=O) groups is 1. The van der Waals surface area contributed by atoms with E-state index in [1.54, 1.807) is 6.07 Å². The highest BCUT2D eigenvalue weighted by atomic mass is 16.5. The number of hydrogen-bond donors (Lipinski definition) is 0. The summed E-state index contributed by atoms with van der Waals surface area (Å²) >= 11 is 0. The molecule has 2 bridgehead atoms. The second kappa shape index (κ2) is 13.4. The highest BCUT2D eigenvalue weighted by Gasteiger charge is 2.34. The monoisotopic (exact) mass is 506 g/mol. The molecule has 1 aromatic heterocycles. The summed E-state index contributed by atoms with van der Waals surface area (Å²) in [6, 6.07) is 14.2. The van der Waals surface area contributed by atoms with Gasteiger partial charge in [-0.25, -0.2) is 0 Å². The number of pyridine rings is 1. The Balaban J connectivity index is 1.05. The Hall–Kier alpha value is -2.40. The molecule has 2 aromatic rings. The van der Waals surface area contributed by atoms with Gasteiger partial charge in [0.25, 0.3) is 5.56 Å². The molecular weight excluding hydrogens is 460 g/mol. The van der Waals surface area contributed by atoms with E-state index in [-0.39, 0.29) is 17.4 Å². The lowest BCUT2D eigenvalue weighted by atomic mass is 9.83. The van der Waals surface area contributed by atoms with Crippen molar-refractivity contribution in [3.05, 3.63) is 69.6 Å². The number of ether oxygens (including phenoxy) is 1. The van der Waals surface area contributed by atoms with Gasteiger partial charge in [-0.15, -0.1) is 0 Å². The first-order chi connectivity index (χ1) is 17.9. The van der Waals surface area contributed by atoms with Crippen molar-refractivity contribution in [1.82, 2.24) is 9.47 Å². The average molecular weight is 507 g/mol. The first kappa shape index (κ1) is 27.6. The number of hydrogen-bond acceptors (Lipinski definition) is 4. The Morgan fingerprint density at radius 2 is 1.65 bits per heavy atom. The molecule has 5 nitrogen and oxygen atoms in total. The number of likely N-dealkylation sites (tertiary alicyclic amines) is 1. The third kappa shape index (κ3) is 7.80. The van der Waals surface area contributed by atoms with Crippen LogP contribution in [-0.4, -0.2) is 41.7 Å². The van der Waals surface area contributed by atoms with Crippen molar-refractivity contribution in [2.45, 2.75) is 90.5 Å². The van der Waals surface area contributed by atoms with Gasteiger partial charge in [-0.3, -0.25) is 9.59 Å². The van der Waals surface area contributed by atoms with E-state index < -0.39 is 0 Å². The van der Waals surface area contributed by atoms with Gasteiger partial charge in [0.15, 0.2) is 0 Å². The molecular formula is C32H46N2O3. The number of aromatic nitrogens is 1. The highest BCUT2D eigenvalue weighted by Crippen LogP contribution is 2.35. The maximum absolute atomic E-state index is 12.4. The van der Waals surface area contributed by atoms with Crippen LogP contribution in [0.25, 0.3) is 0 Å². The van der Waals surface area contributed by atoms with E-state index in [2.05, 4.69) is 49.1 Å². The van der Waals surface area contributed by atoms with Crippen molar-refractivity contribution < 1.29 is 9.53 Å². The minimum atomic E-state index is -0.211. The first-order valence-electron chi connectivity index (χ1n) is 14.6. The van der Waals surface area contributed by atoms with Crippen LogP contribution in [0.1, 0.15) is 94.4 Å². The van der Waals surface area contributed by atoms with Crippen molar-refractivity contribution in [3.63, 3.8) is 0 Å². The molecule has 0 radical (unpaired) electrons. The molecule has 0 aliphatic carbocycles. The average Bonchev–Trinajstić information content (AvgIpc) is 2.88. The molecule has 0 spiro atoms. The number of fused-ring (bicyclic) bond motifs is 4. The molecule has 1 saturated heterocycles. The fourth-order valence-corrected chi connectivity index (χ4v) is 6.17. The van der Waals surface area contributed by atoms with E-state index >= 15 is 0 Å². The standard InChI is InChI=1S/C32H46N2O3/c1-24(2)19-26-13-15-28(16-14-26)25(3)32(36)37-18-9-7-5-4-6-8-17-33-21-27-20-29(23-33)30-11-10-12-31(35)34(30)22-27/h10-16,24-25,27,29H,4-9,17-23H2,1-3H3/t25?,27-,29-/m1/s1. The van der Waals surface area contributed by atoms with E-state index in [0.717, 1.165) is 51.0 Å². The zero-order valence-corrected chi connectivity index (χ0v) is 23.2. The molecule has 37 heavy (non-hydrogen) atoms. The molecule has 2 aliphatic rings. The van der Waals surface area contributed by atoms with Crippen LogP contribution in [0.2, 0.25) is 0 Å². The molecule has 0 amide bonds. The van der Waals surface area contributed by atoms with Gasteiger partial charge in [-0.1, -0.05) is 69.9 Å². The summed E-state index contributed by atoms with van der Waals surface area (Å²) in [5, 5.41) is 0. The lowest BCUT2D eigenvalue weighted by Crippen LogP contribution is -2.47. The number of benzene rings is 1. The second-order valence-corrected chi connectivity index (χ2v) is 11.8. The van der Waals surface area contributed by atoms with E-state index in [1.165, 1.54) is 43.4 Å². The smallest absolute Gasteiger partial charge is 0.313 e. The van der Waals surface area contributed by atoms with Crippen LogP contribution in [0.4, 0.5) is 0 Å². The fraction of sp³-hybridized carbons (Fsp3) is 0.625. The topological polar surface area (TPSA) is 51.5 Å². The molecule has 1 fully saturated rings. The SMILES string of the molecule is CC(C)Cc1ccc(C(C)C(=O)OCCCCCCCCN2C[C@H]3C[C@H](C2)c2cccc(=O)n2C3)cc1. The van der Waals surface area contributed by atoms with Crippen LogP contribution >= 0.6 is 0 Å². The Bertz CT molecular complexity index is 1060. The van der Waals surface area contributed by atoms with Crippen LogP contribution in [0, 0.1) is 11.8 Å². The van der Waals surface area contributed by atoms with Gasteiger partial charge in [0, 0.05) is 37.3 Å². The third-order valence-electron chi connectivity index (χ3n) is 8.15. The van der Waals surface area contributed by atoms with Gasteiger partial charge in [0.1, 0.15) is 0 Å². The Morgan fingerprint density at radius 3 is 2.41 bits per heavy atom. The van der Waals surface area contributed by atoms with Crippen LogP contribution < -0.4 is 5.56 Å². The van der Waals surface area contributed by atoms with Gasteiger partial charge >= 0.3 is 5.97 Å². The van der Waals surface area contributed by atoms with E-state index in [1.807, 2.05) is 17.6 Å². The van der Waals surface area contributed by atoms with Gasteiger partial charge in [0.05, 0.1) is 12.5 Å². The molecule has 4 rings (SSSR count). The first-order valence-corrected chi connectivity index (χ1v) is 14.6. The number of piperidine rings is 1. The fourth-order valence-electron chi connectivity index (χ4n) is 6.17. The number of carbonyl (C=O) groups excluding carboxylic acids is 1. The number of unbranched alkanes of at least 4 members (excludes halogenated alkanes) is 5. The summed E-state index contributed by atoms with van der Waals surface area (Å²) in [5.41, 5.74) is 3.76. The second-order valence-electron chi connectivity index (χ2n) is 11.8. The zero-order chi connectivity index (χ0) is 26.2. The minimum absolute atomic E-state index is 0.115. The molecule has 202 valence electrons. The van der Waals surface area contributed by atoms with E-state index in [4.69, 9.17) is 4.74 Å². The molecule has 0 N–H and O–H groups in total. The van der Waals surface area contributed by atoms with Crippen molar-refractivity contribution in [2.24, 2.45) is 11.8 Å². The van der Waals surface area contributed by atoms with Gasteiger partial charge < -0.3 is 14.2 Å². The quantitative estimate of drug-likeness (QED) is 0.241. The van der Waals surface area contributed by atoms with Gasteiger partial charge in [-0.2, -0.15) is 0 Å². The van der Waals surface area contributed by atoms with Crippen molar-refractivity contribution in [2.75, 3.05) is 26.2 Å². The lowest BCUT2D eigenvalue weighted by molar-refractivity contribution is -0.145. The van der Waals surface area contributed by atoms with Crippen LogP contribution in [0.3, 0.4) is 0 Å². The van der Waals surface area contributed by atoms with Crippen LogP contribution in [0.15, 0.2) is 47.3 Å². The third-order valence-corrected chi connectivity index (χ3v) is 8.15. The predicted molar refractivity (Wildman–Crippen MR) is 150 cm³/mol. The predicted octanol–water partition coefficient (Wildman–Crippen LogP) is 6.15. The van der Waals surface area contributed by atoms with Crippen LogP contribution in [-0.2, 0) is 22.5 Å². The number of nitrogens with zero attached hydrogens (tertiary/aromatic N) is 2. The van der Waals surface area contributed by atoms with Crippen molar-refractivity contribution >= 4 is 5.97 Å². The summed E-state index contributed by atoms with van der Waals surface area (Å²) in [6.07, 6.45) is 9.29. The maximum Gasteiger partial charge on any atom is 0.313 e. The van der Waals surface area contributed by atoms with E-state index in [0.29, 0.717) is 24.4 Å². The molecule has 5 heteroatoms. The van der Waals surface area contributed by atoms with Crippen molar-refractivity contribution in [1.29, 1.82) is 0 Å². The molecule has 2 aliphatic heterocycles. The Labute approximate surface area is 223 Å². The minimum Gasteiger partial charge on any atom is -0.465 e.